The molecule has 86 valence electrons. The molecule has 0 aromatic rings. The second-order valence-corrected chi connectivity index (χ2v) is 6.18. The van der Waals surface area contributed by atoms with E-state index < -0.39 is 5.60 Å². The van der Waals surface area contributed by atoms with E-state index in [0.29, 0.717) is 5.92 Å². The molecule has 0 amide bonds. The summed E-state index contributed by atoms with van der Waals surface area (Å²) < 4.78 is 0. The van der Waals surface area contributed by atoms with Crippen LogP contribution in [0.1, 0.15) is 44.9 Å². The molecule has 0 unspecified atom stereocenters. The zero-order valence-electron chi connectivity index (χ0n) is 9.36. The summed E-state index contributed by atoms with van der Waals surface area (Å²) in [4.78, 5) is 0. The van der Waals surface area contributed by atoms with Crippen LogP contribution < -0.4 is 0 Å². The van der Waals surface area contributed by atoms with Crippen LogP contribution in [0, 0.1) is 23.7 Å². The average Bonchev–Trinajstić information content (AvgIpc) is 2.46. The summed E-state index contributed by atoms with van der Waals surface area (Å²) in [5.74, 6) is 3.08. The summed E-state index contributed by atoms with van der Waals surface area (Å²) in [6.45, 7) is 0.230. The minimum absolute atomic E-state index is 0.230. The van der Waals surface area contributed by atoms with Crippen molar-refractivity contribution in [2.75, 3.05) is 6.61 Å². The molecule has 3 bridgehead atoms. The Balaban J connectivity index is 1.79. The fourth-order valence-corrected chi connectivity index (χ4v) is 4.84. The Morgan fingerprint density at radius 1 is 1.07 bits per heavy atom. The monoisotopic (exact) mass is 210 g/mol. The second-order valence-electron chi connectivity index (χ2n) is 6.18. The first-order chi connectivity index (χ1) is 7.21. The maximum absolute atomic E-state index is 10.8. The van der Waals surface area contributed by atoms with E-state index in [2.05, 4.69) is 0 Å². The molecule has 2 nitrogen and oxygen atoms in total. The maximum Gasteiger partial charge on any atom is 0.0682 e. The van der Waals surface area contributed by atoms with Crippen molar-refractivity contribution in [3.05, 3.63) is 0 Å². The summed E-state index contributed by atoms with van der Waals surface area (Å²) in [5.41, 5.74) is -0.415. The van der Waals surface area contributed by atoms with E-state index in [4.69, 9.17) is 5.11 Å². The van der Waals surface area contributed by atoms with Crippen LogP contribution >= 0.6 is 0 Å². The maximum atomic E-state index is 10.8. The molecule has 5 atom stereocenters. The van der Waals surface area contributed by atoms with E-state index in [-0.39, 0.29) is 6.61 Å². The minimum atomic E-state index is -0.415. The van der Waals surface area contributed by atoms with Crippen LogP contribution in [0.4, 0.5) is 0 Å². The van der Waals surface area contributed by atoms with Gasteiger partial charge in [0.05, 0.1) is 5.60 Å². The zero-order valence-corrected chi connectivity index (χ0v) is 9.36. The van der Waals surface area contributed by atoms with Crippen LogP contribution in [0.5, 0.6) is 0 Å². The fourth-order valence-electron chi connectivity index (χ4n) is 4.84. The third kappa shape index (κ3) is 1.53. The lowest BCUT2D eigenvalue weighted by Crippen LogP contribution is -2.45. The molecule has 0 aliphatic heterocycles. The van der Waals surface area contributed by atoms with Gasteiger partial charge in [0, 0.05) is 6.61 Å². The standard InChI is InChI=1S/C13H22O2/c14-3-1-2-13(15)8-10-4-9-5-11(6-10)12(13)7-9/h9-12,14-15H,1-8H2/t9-,10+,11-,12-,13-/m0/s1. The Hall–Kier alpha value is -0.0800. The van der Waals surface area contributed by atoms with Gasteiger partial charge in [-0.25, -0.2) is 0 Å². The predicted molar refractivity (Wildman–Crippen MR) is 58.3 cm³/mol. The number of aliphatic hydroxyl groups is 2. The number of aliphatic hydroxyl groups excluding tert-OH is 1. The fraction of sp³-hybridized carbons (Fsp3) is 1.00. The first-order valence-electron chi connectivity index (χ1n) is 6.54. The summed E-state index contributed by atoms with van der Waals surface area (Å²) in [6.07, 6.45) is 8.01. The molecule has 2 N–H and O–H groups in total. The largest absolute Gasteiger partial charge is 0.396 e. The molecule has 3 saturated carbocycles. The van der Waals surface area contributed by atoms with E-state index in [0.717, 1.165) is 37.0 Å². The molecule has 2 heteroatoms. The highest BCUT2D eigenvalue weighted by molar-refractivity contribution is 5.05. The molecule has 15 heavy (non-hydrogen) atoms. The van der Waals surface area contributed by atoms with Gasteiger partial charge in [-0.3, -0.25) is 0 Å². The molecule has 0 saturated heterocycles. The van der Waals surface area contributed by atoms with Crippen molar-refractivity contribution in [1.82, 2.24) is 0 Å². The van der Waals surface area contributed by atoms with Gasteiger partial charge in [-0.1, -0.05) is 0 Å². The van der Waals surface area contributed by atoms with Crippen molar-refractivity contribution in [2.24, 2.45) is 23.7 Å². The van der Waals surface area contributed by atoms with Crippen LogP contribution in [0.2, 0.25) is 0 Å². The molecular weight excluding hydrogens is 188 g/mol. The summed E-state index contributed by atoms with van der Waals surface area (Å²) >= 11 is 0. The van der Waals surface area contributed by atoms with Gasteiger partial charge in [-0.2, -0.15) is 0 Å². The highest BCUT2D eigenvalue weighted by Crippen LogP contribution is 2.59. The van der Waals surface area contributed by atoms with Gasteiger partial charge in [0.2, 0.25) is 0 Å². The molecule has 0 aromatic heterocycles. The molecule has 3 aliphatic rings. The smallest absolute Gasteiger partial charge is 0.0682 e. The van der Waals surface area contributed by atoms with Gasteiger partial charge in [-0.15, -0.1) is 0 Å². The zero-order chi connectivity index (χ0) is 10.5. The number of hydrogen-bond acceptors (Lipinski definition) is 2. The normalized spacial score (nSPS) is 52.4. The highest BCUT2D eigenvalue weighted by atomic mass is 16.3. The molecule has 0 spiro atoms. The van der Waals surface area contributed by atoms with Crippen molar-refractivity contribution in [3.63, 3.8) is 0 Å². The first-order valence-corrected chi connectivity index (χ1v) is 6.54. The SMILES string of the molecule is OCCC[C@]1(O)C[C@@H]2C[C@H]3C[C@@H](C2)[C@@H]1C3. The quantitative estimate of drug-likeness (QED) is 0.747. The molecule has 0 aromatic carbocycles. The molecule has 3 fully saturated rings. The third-order valence-corrected chi connectivity index (χ3v) is 5.20. The van der Waals surface area contributed by atoms with Gasteiger partial charge in [0.25, 0.3) is 0 Å². The van der Waals surface area contributed by atoms with E-state index >= 15 is 0 Å². The van der Waals surface area contributed by atoms with E-state index in [1.807, 2.05) is 0 Å². The predicted octanol–water partition coefficient (Wildman–Crippen LogP) is 1.95. The lowest BCUT2D eigenvalue weighted by molar-refractivity contribution is -0.0890. The highest BCUT2D eigenvalue weighted by Gasteiger charge is 2.54. The van der Waals surface area contributed by atoms with Crippen molar-refractivity contribution in [1.29, 1.82) is 0 Å². The van der Waals surface area contributed by atoms with Crippen molar-refractivity contribution in [2.45, 2.75) is 50.5 Å². The molecule has 0 heterocycles. The Kier molecular flexibility index (Phi) is 2.33. The van der Waals surface area contributed by atoms with Crippen molar-refractivity contribution in [3.8, 4) is 0 Å². The summed E-state index contributed by atoms with van der Waals surface area (Å²) in [5, 5.41) is 19.7. The minimum Gasteiger partial charge on any atom is -0.396 e. The third-order valence-electron chi connectivity index (χ3n) is 5.20. The van der Waals surface area contributed by atoms with Gasteiger partial charge in [0.1, 0.15) is 0 Å². The first kappa shape index (κ1) is 10.1. The van der Waals surface area contributed by atoms with E-state index in [1.165, 1.54) is 25.7 Å². The second kappa shape index (κ2) is 3.46. The average molecular weight is 210 g/mol. The van der Waals surface area contributed by atoms with Crippen molar-refractivity contribution >= 4 is 0 Å². The van der Waals surface area contributed by atoms with Gasteiger partial charge >= 0.3 is 0 Å². The van der Waals surface area contributed by atoms with Crippen LogP contribution in [-0.2, 0) is 0 Å². The van der Waals surface area contributed by atoms with E-state index in [9.17, 15) is 5.11 Å². The van der Waals surface area contributed by atoms with Crippen LogP contribution in [0.25, 0.3) is 0 Å². The molecular formula is C13H22O2. The lowest BCUT2D eigenvalue weighted by Gasteiger charge is -2.45. The molecule has 3 aliphatic carbocycles. The van der Waals surface area contributed by atoms with Crippen molar-refractivity contribution < 1.29 is 10.2 Å². The van der Waals surface area contributed by atoms with Gasteiger partial charge in [0.15, 0.2) is 0 Å². The Labute approximate surface area is 91.7 Å². The lowest BCUT2D eigenvalue weighted by atomic mass is 9.64. The topological polar surface area (TPSA) is 40.5 Å². The van der Waals surface area contributed by atoms with Gasteiger partial charge in [-0.05, 0) is 68.6 Å². The molecule has 3 rings (SSSR count). The Morgan fingerprint density at radius 3 is 2.67 bits per heavy atom. The Bertz CT molecular complexity index is 251. The number of fused-ring (bicyclic) bond motifs is 2. The Morgan fingerprint density at radius 2 is 1.87 bits per heavy atom. The number of hydrogen-bond donors (Lipinski definition) is 2. The van der Waals surface area contributed by atoms with Gasteiger partial charge < -0.3 is 10.2 Å². The van der Waals surface area contributed by atoms with E-state index in [1.54, 1.807) is 0 Å². The van der Waals surface area contributed by atoms with Crippen LogP contribution in [-0.4, -0.2) is 22.4 Å². The number of rotatable bonds is 3. The van der Waals surface area contributed by atoms with Crippen LogP contribution in [0.15, 0.2) is 0 Å². The molecule has 0 radical (unpaired) electrons. The summed E-state index contributed by atoms with van der Waals surface area (Å²) in [7, 11) is 0. The van der Waals surface area contributed by atoms with Crippen LogP contribution in [0.3, 0.4) is 0 Å². The summed E-state index contributed by atoms with van der Waals surface area (Å²) in [6, 6.07) is 0.